The lowest BCUT2D eigenvalue weighted by Gasteiger charge is -2.28. The van der Waals surface area contributed by atoms with Crippen molar-refractivity contribution in [2.24, 2.45) is 0 Å². The second-order valence-electron chi connectivity index (χ2n) is 4.90. The molecule has 1 rings (SSSR count). The zero-order valence-electron chi connectivity index (χ0n) is 11.4. The van der Waals surface area contributed by atoms with Crippen LogP contribution in [0.15, 0.2) is 30.8 Å². The van der Waals surface area contributed by atoms with Gasteiger partial charge in [0.05, 0.1) is 5.54 Å². The molecule has 0 heterocycles. The molecule has 116 valence electrons. The van der Waals surface area contributed by atoms with Gasteiger partial charge in [-0.15, -0.1) is 0 Å². The summed E-state index contributed by atoms with van der Waals surface area (Å²) in [5.41, 5.74) is 0.0157. The maximum atomic E-state index is 13.2. The summed E-state index contributed by atoms with van der Waals surface area (Å²) in [6.45, 7) is 6.42. The zero-order valence-corrected chi connectivity index (χ0v) is 12.2. The van der Waals surface area contributed by atoms with Crippen molar-refractivity contribution >= 4 is 22.1 Å². The Bertz CT molecular complexity index is 651. The van der Waals surface area contributed by atoms with Crippen LogP contribution in [0, 0.1) is 0 Å². The molecule has 2 N–H and O–H groups in total. The van der Waals surface area contributed by atoms with Crippen LogP contribution in [-0.4, -0.2) is 24.1 Å². The summed E-state index contributed by atoms with van der Waals surface area (Å²) in [7, 11) is -5.83. The molecule has 0 spiro atoms. The van der Waals surface area contributed by atoms with E-state index in [1.807, 2.05) is 5.32 Å². The highest BCUT2D eigenvalue weighted by Gasteiger charge is 2.53. The van der Waals surface area contributed by atoms with Gasteiger partial charge in [-0.25, -0.2) is 0 Å². The Kier molecular flexibility index (Phi) is 4.54. The summed E-state index contributed by atoms with van der Waals surface area (Å²) in [4.78, 5) is 11.4. The molecule has 1 aromatic carbocycles. The fourth-order valence-electron chi connectivity index (χ4n) is 1.58. The van der Waals surface area contributed by atoms with Gasteiger partial charge < -0.3 is 5.32 Å². The molecule has 5 nitrogen and oxygen atoms in total. The van der Waals surface area contributed by atoms with Gasteiger partial charge in [-0.2, -0.15) is 17.2 Å². The summed E-state index contributed by atoms with van der Waals surface area (Å²) in [5, 5.41) is -3.01. The molecule has 0 aromatic heterocycles. The summed E-state index contributed by atoms with van der Waals surface area (Å²) in [5.74, 6) is -2.09. The van der Waals surface area contributed by atoms with Crippen LogP contribution in [0.25, 0.3) is 6.08 Å². The fourth-order valence-corrected chi connectivity index (χ4v) is 1.87. The molecule has 0 fully saturated rings. The van der Waals surface area contributed by atoms with E-state index in [4.69, 9.17) is 4.55 Å². The second kappa shape index (κ2) is 5.53. The van der Waals surface area contributed by atoms with E-state index in [2.05, 4.69) is 6.58 Å². The third-order valence-electron chi connectivity index (χ3n) is 2.88. The van der Waals surface area contributed by atoms with Gasteiger partial charge >= 0.3 is 21.3 Å². The smallest absolute Gasteiger partial charge is 0.341 e. The summed E-state index contributed by atoms with van der Waals surface area (Å²) < 4.78 is 55.9. The molecule has 1 aromatic rings. The molecule has 0 bridgehead atoms. The van der Waals surface area contributed by atoms with Crippen LogP contribution in [0.1, 0.15) is 25.0 Å². The van der Waals surface area contributed by atoms with E-state index in [9.17, 15) is 22.0 Å². The summed E-state index contributed by atoms with van der Waals surface area (Å²) in [6, 6.07) is 6.50. The van der Waals surface area contributed by atoms with Crippen molar-refractivity contribution in [3.05, 3.63) is 42.0 Å². The molecule has 0 unspecified atom stereocenters. The Morgan fingerprint density at radius 3 is 2.14 bits per heavy atom. The molecule has 0 saturated carbocycles. The van der Waals surface area contributed by atoms with E-state index in [1.165, 1.54) is 13.8 Å². The maximum absolute atomic E-state index is 13.2. The van der Waals surface area contributed by atoms with Crippen molar-refractivity contribution in [2.45, 2.75) is 24.6 Å². The zero-order chi connectivity index (χ0) is 16.5. The lowest BCUT2D eigenvalue weighted by molar-refractivity contribution is -0.138. The third-order valence-corrected chi connectivity index (χ3v) is 3.72. The van der Waals surface area contributed by atoms with E-state index in [1.54, 1.807) is 30.3 Å². The van der Waals surface area contributed by atoms with Crippen molar-refractivity contribution < 1.29 is 26.5 Å². The van der Waals surface area contributed by atoms with Gasteiger partial charge in [-0.3, -0.25) is 9.35 Å². The molecule has 0 radical (unpaired) electrons. The van der Waals surface area contributed by atoms with Crippen LogP contribution in [0.2, 0.25) is 0 Å². The first kappa shape index (κ1) is 17.3. The van der Waals surface area contributed by atoms with Crippen LogP contribution in [0.5, 0.6) is 0 Å². The van der Waals surface area contributed by atoms with Gasteiger partial charge in [0.1, 0.15) is 0 Å². The first-order chi connectivity index (χ1) is 9.41. The van der Waals surface area contributed by atoms with E-state index < -0.39 is 26.8 Å². The number of nitrogens with one attached hydrogen (secondary N) is 1. The first-order valence-electron chi connectivity index (χ1n) is 5.82. The average molecular weight is 319 g/mol. The lowest BCUT2D eigenvalue weighted by Crippen LogP contribution is -2.52. The molecule has 0 aliphatic heterocycles. The third kappa shape index (κ3) is 3.64. The van der Waals surface area contributed by atoms with Crippen LogP contribution < -0.4 is 5.32 Å². The Hall–Kier alpha value is -1.80. The van der Waals surface area contributed by atoms with E-state index >= 15 is 0 Å². The number of hydrogen-bond acceptors (Lipinski definition) is 3. The van der Waals surface area contributed by atoms with Crippen LogP contribution >= 0.6 is 0 Å². The van der Waals surface area contributed by atoms with Crippen molar-refractivity contribution in [3.8, 4) is 0 Å². The van der Waals surface area contributed by atoms with E-state index in [0.717, 1.165) is 5.56 Å². The minimum atomic E-state index is -5.83. The predicted molar refractivity (Wildman–Crippen MR) is 74.2 cm³/mol. The number of carbonyl (C=O) groups excluding carboxylic acids is 1. The van der Waals surface area contributed by atoms with Gasteiger partial charge in [0.25, 0.3) is 0 Å². The van der Waals surface area contributed by atoms with Gasteiger partial charge in [-0.05, 0) is 25.0 Å². The number of benzene rings is 1. The number of rotatable bonds is 5. The standard InChI is InChI=1S/C13H15F2NO4S/c1-4-9-5-7-10(8-6-9)12(2,3)16-11(17)13(14,15)21(18,19)20/h4-8H,1H2,2-3H3,(H,16,17)(H,18,19,20). The molecule has 0 aliphatic carbocycles. The average Bonchev–Trinajstić information content (AvgIpc) is 2.37. The monoisotopic (exact) mass is 319 g/mol. The summed E-state index contributed by atoms with van der Waals surface area (Å²) >= 11 is 0. The highest BCUT2D eigenvalue weighted by Crippen LogP contribution is 2.26. The Morgan fingerprint density at radius 2 is 1.76 bits per heavy atom. The number of alkyl halides is 2. The second-order valence-corrected chi connectivity index (χ2v) is 6.36. The van der Waals surface area contributed by atoms with Gasteiger partial charge in [-0.1, -0.05) is 36.9 Å². The SMILES string of the molecule is C=Cc1ccc(C(C)(C)NC(=O)C(F)(F)S(=O)(=O)O)cc1. The Labute approximate surface area is 121 Å². The maximum Gasteiger partial charge on any atom is 0.446 e. The van der Waals surface area contributed by atoms with Gasteiger partial charge in [0, 0.05) is 0 Å². The molecule has 0 aliphatic rings. The van der Waals surface area contributed by atoms with E-state index in [0.29, 0.717) is 5.56 Å². The van der Waals surface area contributed by atoms with Gasteiger partial charge in [0.15, 0.2) is 0 Å². The van der Waals surface area contributed by atoms with Crippen molar-refractivity contribution in [3.63, 3.8) is 0 Å². The number of hydrogen-bond donors (Lipinski definition) is 2. The normalized spacial score (nSPS) is 12.8. The highest BCUT2D eigenvalue weighted by molar-refractivity contribution is 7.87. The molecular weight excluding hydrogens is 304 g/mol. The predicted octanol–water partition coefficient (Wildman–Crippen LogP) is 2.16. The molecule has 0 saturated heterocycles. The molecule has 8 heteroatoms. The van der Waals surface area contributed by atoms with Crippen molar-refractivity contribution in [1.29, 1.82) is 0 Å². The summed E-state index contributed by atoms with van der Waals surface area (Å²) in [6.07, 6.45) is 1.59. The number of halogens is 2. The Morgan fingerprint density at radius 1 is 1.29 bits per heavy atom. The quantitative estimate of drug-likeness (QED) is 0.815. The molecular formula is C13H15F2NO4S. The topological polar surface area (TPSA) is 83.5 Å². The highest BCUT2D eigenvalue weighted by atomic mass is 32.2. The van der Waals surface area contributed by atoms with E-state index in [-0.39, 0.29) is 0 Å². The number of carbonyl (C=O) groups is 1. The van der Waals surface area contributed by atoms with Crippen LogP contribution in [0.3, 0.4) is 0 Å². The fraction of sp³-hybridized carbons (Fsp3) is 0.308. The molecule has 0 atom stereocenters. The van der Waals surface area contributed by atoms with Crippen LogP contribution in [0.4, 0.5) is 8.78 Å². The molecule has 1 amide bonds. The van der Waals surface area contributed by atoms with Gasteiger partial charge in [0.2, 0.25) is 0 Å². The minimum absolute atomic E-state index is 0.479. The largest absolute Gasteiger partial charge is 0.446 e. The lowest BCUT2D eigenvalue weighted by atomic mass is 9.93. The first-order valence-corrected chi connectivity index (χ1v) is 7.26. The van der Waals surface area contributed by atoms with Crippen LogP contribution in [-0.2, 0) is 20.5 Å². The van der Waals surface area contributed by atoms with Crippen molar-refractivity contribution in [1.82, 2.24) is 5.32 Å². The van der Waals surface area contributed by atoms with Crippen molar-refractivity contribution in [2.75, 3.05) is 0 Å². The minimum Gasteiger partial charge on any atom is -0.341 e. The Balaban J connectivity index is 3.04. The molecule has 21 heavy (non-hydrogen) atoms. The number of amides is 1.